The molecule has 1 heterocycles. The van der Waals surface area contributed by atoms with Crippen LogP contribution in [-0.2, 0) is 13.1 Å². The summed E-state index contributed by atoms with van der Waals surface area (Å²) in [6.07, 6.45) is 0. The molecule has 2 amide bonds. The first-order valence-corrected chi connectivity index (χ1v) is 9.29. The molecule has 2 aromatic carbocycles. The van der Waals surface area contributed by atoms with E-state index >= 15 is 0 Å². The Kier molecular flexibility index (Phi) is 5.99. The number of halogens is 1. The molecule has 6 heteroatoms. The quantitative estimate of drug-likeness (QED) is 0.659. The Morgan fingerprint density at radius 3 is 2.68 bits per heavy atom. The fraction of sp³-hybridized carbons (Fsp3) is 0.318. The minimum atomic E-state index is -0.337. The summed E-state index contributed by atoms with van der Waals surface area (Å²) < 4.78 is 19.3. The molecule has 148 valence electrons. The van der Waals surface area contributed by atoms with Crippen LogP contribution in [0.5, 0.6) is 0 Å². The van der Waals surface area contributed by atoms with E-state index < -0.39 is 0 Å². The average Bonchev–Trinajstić information content (AvgIpc) is 2.96. The Bertz CT molecular complexity index is 981. The van der Waals surface area contributed by atoms with Gasteiger partial charge in [0.05, 0.1) is 6.04 Å². The number of aryl methyl sites for hydroxylation is 1. The SMILES string of the molecule is Cc1c(C(C)NC(=O)NCc2cccc(CN(C)C)c2)oc2ccc(F)cc12. The summed E-state index contributed by atoms with van der Waals surface area (Å²) in [5.74, 6) is 0.321. The Balaban J connectivity index is 1.61. The maximum absolute atomic E-state index is 13.5. The van der Waals surface area contributed by atoms with Crippen molar-refractivity contribution in [2.45, 2.75) is 33.0 Å². The minimum Gasteiger partial charge on any atom is -0.459 e. The number of hydrogen-bond acceptors (Lipinski definition) is 3. The highest BCUT2D eigenvalue weighted by Crippen LogP contribution is 2.29. The van der Waals surface area contributed by atoms with Gasteiger partial charge in [-0.15, -0.1) is 0 Å². The van der Waals surface area contributed by atoms with Crippen LogP contribution in [0, 0.1) is 12.7 Å². The number of rotatable bonds is 6. The molecule has 0 aliphatic rings. The van der Waals surface area contributed by atoms with E-state index in [0.29, 0.717) is 17.9 Å². The number of furan rings is 1. The molecular weight excluding hydrogens is 357 g/mol. The molecule has 1 aromatic heterocycles. The molecule has 28 heavy (non-hydrogen) atoms. The zero-order valence-electron chi connectivity index (χ0n) is 16.7. The molecule has 0 saturated carbocycles. The molecule has 5 nitrogen and oxygen atoms in total. The van der Waals surface area contributed by atoms with Gasteiger partial charge in [0.1, 0.15) is 17.2 Å². The van der Waals surface area contributed by atoms with Gasteiger partial charge in [0.15, 0.2) is 0 Å². The number of nitrogens with zero attached hydrogens (tertiary/aromatic N) is 1. The summed E-state index contributed by atoms with van der Waals surface area (Å²) in [5.41, 5.74) is 3.68. The van der Waals surface area contributed by atoms with Crippen molar-refractivity contribution in [3.63, 3.8) is 0 Å². The Morgan fingerprint density at radius 1 is 1.18 bits per heavy atom. The predicted molar refractivity (Wildman–Crippen MR) is 109 cm³/mol. The maximum atomic E-state index is 13.5. The first-order valence-electron chi connectivity index (χ1n) is 9.29. The summed E-state index contributed by atoms with van der Waals surface area (Å²) in [6.45, 7) is 5.00. The van der Waals surface area contributed by atoms with Crippen molar-refractivity contribution in [3.05, 3.63) is 70.7 Å². The third-order valence-corrected chi connectivity index (χ3v) is 4.62. The monoisotopic (exact) mass is 383 g/mol. The van der Waals surface area contributed by atoms with E-state index in [2.05, 4.69) is 27.7 Å². The van der Waals surface area contributed by atoms with E-state index in [-0.39, 0.29) is 17.9 Å². The van der Waals surface area contributed by atoms with Crippen LogP contribution >= 0.6 is 0 Å². The second-order valence-electron chi connectivity index (χ2n) is 7.34. The van der Waals surface area contributed by atoms with E-state index in [4.69, 9.17) is 4.42 Å². The number of nitrogens with one attached hydrogen (secondary N) is 2. The number of urea groups is 1. The lowest BCUT2D eigenvalue weighted by Crippen LogP contribution is -2.36. The van der Waals surface area contributed by atoms with Gasteiger partial charge in [-0.2, -0.15) is 0 Å². The molecule has 3 rings (SSSR count). The molecule has 0 spiro atoms. The minimum absolute atomic E-state index is 0.281. The van der Waals surface area contributed by atoms with Crippen molar-refractivity contribution in [1.29, 1.82) is 0 Å². The standard InChI is InChI=1S/C22H26FN3O2/c1-14-19-11-18(23)8-9-20(19)28-21(14)15(2)25-22(27)24-12-16-6-5-7-17(10-16)13-26(3)4/h5-11,15H,12-13H2,1-4H3,(H2,24,25,27). The van der Waals surface area contributed by atoms with Crippen molar-refractivity contribution in [1.82, 2.24) is 15.5 Å². The van der Waals surface area contributed by atoms with Gasteiger partial charge in [0.25, 0.3) is 0 Å². The van der Waals surface area contributed by atoms with Crippen LogP contribution in [0.15, 0.2) is 46.9 Å². The third kappa shape index (κ3) is 4.70. The second-order valence-corrected chi connectivity index (χ2v) is 7.34. The molecular formula is C22H26FN3O2. The third-order valence-electron chi connectivity index (χ3n) is 4.62. The second kappa shape index (κ2) is 8.44. The van der Waals surface area contributed by atoms with Gasteiger partial charge in [-0.25, -0.2) is 9.18 Å². The van der Waals surface area contributed by atoms with E-state index in [9.17, 15) is 9.18 Å². The number of carbonyl (C=O) groups is 1. The zero-order chi connectivity index (χ0) is 20.3. The van der Waals surface area contributed by atoms with Gasteiger partial charge in [-0.1, -0.05) is 24.3 Å². The van der Waals surface area contributed by atoms with Gasteiger partial charge in [-0.3, -0.25) is 0 Å². The van der Waals surface area contributed by atoms with E-state index in [0.717, 1.165) is 23.1 Å². The van der Waals surface area contributed by atoms with E-state index in [1.54, 1.807) is 6.07 Å². The summed E-state index contributed by atoms with van der Waals surface area (Å²) in [7, 11) is 4.04. The highest BCUT2D eigenvalue weighted by molar-refractivity contribution is 5.82. The highest BCUT2D eigenvalue weighted by Gasteiger charge is 2.18. The zero-order valence-corrected chi connectivity index (χ0v) is 16.7. The fourth-order valence-electron chi connectivity index (χ4n) is 3.32. The average molecular weight is 383 g/mol. The number of carbonyl (C=O) groups excluding carboxylic acids is 1. The maximum Gasteiger partial charge on any atom is 0.315 e. The van der Waals surface area contributed by atoms with Crippen LogP contribution in [0.2, 0.25) is 0 Å². The van der Waals surface area contributed by atoms with Crippen LogP contribution in [0.25, 0.3) is 11.0 Å². The number of fused-ring (bicyclic) bond motifs is 1. The van der Waals surface area contributed by atoms with E-state index in [1.165, 1.54) is 17.7 Å². The summed E-state index contributed by atoms with van der Waals surface area (Å²) >= 11 is 0. The molecule has 0 fully saturated rings. The lowest BCUT2D eigenvalue weighted by Gasteiger charge is -2.14. The normalized spacial score (nSPS) is 12.4. The first-order chi connectivity index (χ1) is 13.3. The van der Waals surface area contributed by atoms with Gasteiger partial charge < -0.3 is 20.0 Å². The summed E-state index contributed by atoms with van der Waals surface area (Å²) in [4.78, 5) is 14.4. The topological polar surface area (TPSA) is 57.5 Å². The molecule has 3 aromatic rings. The van der Waals surface area contributed by atoms with Gasteiger partial charge in [-0.05, 0) is 57.3 Å². The molecule has 0 aliphatic heterocycles. The van der Waals surface area contributed by atoms with Crippen LogP contribution in [0.1, 0.15) is 35.4 Å². The van der Waals surface area contributed by atoms with Crippen LogP contribution in [0.3, 0.4) is 0 Å². The van der Waals surface area contributed by atoms with E-state index in [1.807, 2.05) is 40.1 Å². The summed E-state index contributed by atoms with van der Waals surface area (Å²) in [6, 6.07) is 11.9. The first kappa shape index (κ1) is 19.9. The van der Waals surface area contributed by atoms with Crippen LogP contribution < -0.4 is 10.6 Å². The molecule has 0 saturated heterocycles. The number of hydrogen-bond donors (Lipinski definition) is 2. The van der Waals surface area contributed by atoms with Crippen molar-refractivity contribution >= 4 is 17.0 Å². The number of benzene rings is 2. The predicted octanol–water partition coefficient (Wildman–Crippen LogP) is 4.50. The molecule has 0 bridgehead atoms. The van der Waals surface area contributed by atoms with Crippen LogP contribution in [-0.4, -0.2) is 25.0 Å². The molecule has 0 radical (unpaired) electrons. The lowest BCUT2D eigenvalue weighted by atomic mass is 10.1. The fourth-order valence-corrected chi connectivity index (χ4v) is 3.32. The Morgan fingerprint density at radius 2 is 1.93 bits per heavy atom. The van der Waals surface area contributed by atoms with Crippen molar-refractivity contribution in [3.8, 4) is 0 Å². The van der Waals surface area contributed by atoms with Crippen LogP contribution in [0.4, 0.5) is 9.18 Å². The van der Waals surface area contributed by atoms with Gasteiger partial charge in [0, 0.05) is 24.0 Å². The largest absolute Gasteiger partial charge is 0.459 e. The molecule has 1 atom stereocenters. The molecule has 0 aliphatic carbocycles. The number of amides is 2. The molecule has 2 N–H and O–H groups in total. The summed E-state index contributed by atoms with van der Waals surface area (Å²) in [5, 5.41) is 6.48. The van der Waals surface area contributed by atoms with Gasteiger partial charge in [0.2, 0.25) is 0 Å². The molecule has 1 unspecified atom stereocenters. The smallest absolute Gasteiger partial charge is 0.315 e. The van der Waals surface area contributed by atoms with Crippen molar-refractivity contribution in [2.75, 3.05) is 14.1 Å². The Labute approximate surface area is 164 Å². The highest BCUT2D eigenvalue weighted by atomic mass is 19.1. The van der Waals surface area contributed by atoms with Crippen molar-refractivity contribution < 1.29 is 13.6 Å². The lowest BCUT2D eigenvalue weighted by molar-refractivity contribution is 0.236. The van der Waals surface area contributed by atoms with Crippen molar-refractivity contribution in [2.24, 2.45) is 0 Å². The van der Waals surface area contributed by atoms with Gasteiger partial charge >= 0.3 is 6.03 Å². The Hall–Kier alpha value is -2.86.